The van der Waals surface area contributed by atoms with Crippen LogP contribution >= 0.6 is 0 Å². The number of hydrogen-bond acceptors (Lipinski definition) is 3. The predicted octanol–water partition coefficient (Wildman–Crippen LogP) is 3.77. The largest absolute Gasteiger partial charge is 0.483 e. The van der Waals surface area contributed by atoms with Gasteiger partial charge in [0.15, 0.2) is 6.10 Å². The molecule has 2 aromatic rings. The van der Waals surface area contributed by atoms with Gasteiger partial charge < -0.3 is 10.5 Å². The van der Waals surface area contributed by atoms with Crippen molar-refractivity contribution in [3.63, 3.8) is 0 Å². The lowest BCUT2D eigenvalue weighted by molar-refractivity contribution is 0.208. The standard InChI is InChI=1S/C18H24N2O/c1-13-11-14(18(2,3)4)8-9-16(13)21-17(12-19)15-7-5-6-10-20-15/h5-11,17H,12,19H2,1-4H3. The molecule has 0 amide bonds. The molecule has 0 spiro atoms. The maximum atomic E-state index is 6.06. The monoisotopic (exact) mass is 284 g/mol. The minimum absolute atomic E-state index is 0.136. The van der Waals surface area contributed by atoms with Gasteiger partial charge in [0.2, 0.25) is 0 Å². The lowest BCUT2D eigenvalue weighted by Gasteiger charge is -2.22. The van der Waals surface area contributed by atoms with Crippen molar-refractivity contribution in [3.05, 3.63) is 59.4 Å². The molecule has 0 aliphatic carbocycles. The normalized spacial score (nSPS) is 13.0. The van der Waals surface area contributed by atoms with Gasteiger partial charge in [-0.1, -0.05) is 39.0 Å². The maximum Gasteiger partial charge on any atom is 0.153 e. The van der Waals surface area contributed by atoms with Crippen LogP contribution in [-0.4, -0.2) is 11.5 Å². The molecule has 112 valence electrons. The highest BCUT2D eigenvalue weighted by molar-refractivity contribution is 5.39. The van der Waals surface area contributed by atoms with Gasteiger partial charge in [-0.25, -0.2) is 0 Å². The topological polar surface area (TPSA) is 48.1 Å². The molecule has 1 aromatic heterocycles. The van der Waals surface area contributed by atoms with Crippen molar-refractivity contribution in [1.82, 2.24) is 4.98 Å². The molecule has 3 nitrogen and oxygen atoms in total. The van der Waals surface area contributed by atoms with Crippen LogP contribution in [0.25, 0.3) is 0 Å². The van der Waals surface area contributed by atoms with E-state index in [0.717, 1.165) is 17.0 Å². The number of hydrogen-bond donors (Lipinski definition) is 1. The number of aryl methyl sites for hydroxylation is 1. The summed E-state index contributed by atoms with van der Waals surface area (Å²) in [7, 11) is 0. The molecule has 1 aromatic carbocycles. The molecular formula is C18H24N2O. The van der Waals surface area contributed by atoms with E-state index in [1.165, 1.54) is 5.56 Å². The molecule has 21 heavy (non-hydrogen) atoms. The second kappa shape index (κ2) is 6.27. The number of rotatable bonds is 4. The van der Waals surface area contributed by atoms with Crippen LogP contribution in [0.2, 0.25) is 0 Å². The van der Waals surface area contributed by atoms with Gasteiger partial charge in [0.05, 0.1) is 5.69 Å². The van der Waals surface area contributed by atoms with E-state index < -0.39 is 0 Å². The Morgan fingerprint density at radius 2 is 1.95 bits per heavy atom. The van der Waals surface area contributed by atoms with E-state index in [0.29, 0.717) is 6.54 Å². The average molecular weight is 284 g/mol. The lowest BCUT2D eigenvalue weighted by atomic mass is 9.86. The summed E-state index contributed by atoms with van der Waals surface area (Å²) in [6, 6.07) is 12.1. The molecule has 0 radical (unpaired) electrons. The lowest BCUT2D eigenvalue weighted by Crippen LogP contribution is -2.20. The van der Waals surface area contributed by atoms with Gasteiger partial charge in [-0.15, -0.1) is 0 Å². The quantitative estimate of drug-likeness (QED) is 0.929. The molecule has 0 aliphatic rings. The molecule has 3 heteroatoms. The van der Waals surface area contributed by atoms with Crippen molar-refractivity contribution in [2.75, 3.05) is 6.54 Å². The molecular weight excluding hydrogens is 260 g/mol. The molecule has 0 aliphatic heterocycles. The highest BCUT2D eigenvalue weighted by atomic mass is 16.5. The Bertz CT molecular complexity index is 588. The molecule has 0 saturated carbocycles. The van der Waals surface area contributed by atoms with Crippen molar-refractivity contribution >= 4 is 0 Å². The van der Waals surface area contributed by atoms with Crippen LogP contribution in [0.1, 0.15) is 43.7 Å². The third-order valence-corrected chi connectivity index (χ3v) is 3.54. The Labute approximate surface area is 127 Å². The molecule has 1 atom stereocenters. The Kier molecular flexibility index (Phi) is 4.63. The molecule has 0 saturated heterocycles. The second-order valence-electron chi connectivity index (χ2n) is 6.33. The van der Waals surface area contributed by atoms with Gasteiger partial charge in [0, 0.05) is 12.7 Å². The molecule has 2 N–H and O–H groups in total. The summed E-state index contributed by atoms with van der Waals surface area (Å²) in [4.78, 5) is 4.33. The van der Waals surface area contributed by atoms with E-state index in [1.54, 1.807) is 6.20 Å². The van der Waals surface area contributed by atoms with Crippen LogP contribution in [-0.2, 0) is 5.41 Å². The SMILES string of the molecule is Cc1cc(C(C)(C)C)ccc1OC(CN)c1ccccn1. The first-order valence-corrected chi connectivity index (χ1v) is 7.30. The molecule has 0 bridgehead atoms. The fraction of sp³-hybridized carbons (Fsp3) is 0.389. The summed E-state index contributed by atoms with van der Waals surface area (Å²) in [5.74, 6) is 0.865. The summed E-state index contributed by atoms with van der Waals surface area (Å²) >= 11 is 0. The Balaban J connectivity index is 2.23. The third-order valence-electron chi connectivity index (χ3n) is 3.54. The summed E-state index contributed by atoms with van der Waals surface area (Å²) in [6.07, 6.45) is 1.54. The van der Waals surface area contributed by atoms with Crippen LogP contribution in [0.15, 0.2) is 42.6 Å². The summed E-state index contributed by atoms with van der Waals surface area (Å²) in [5.41, 5.74) is 9.26. The average Bonchev–Trinajstić information content (AvgIpc) is 2.46. The number of nitrogens with two attached hydrogens (primary N) is 1. The first-order chi connectivity index (χ1) is 9.91. The van der Waals surface area contributed by atoms with Crippen molar-refractivity contribution in [2.45, 2.75) is 39.2 Å². The zero-order valence-electron chi connectivity index (χ0n) is 13.3. The van der Waals surface area contributed by atoms with Gasteiger partial charge in [0.25, 0.3) is 0 Å². The zero-order chi connectivity index (χ0) is 15.5. The van der Waals surface area contributed by atoms with E-state index in [4.69, 9.17) is 10.5 Å². The smallest absolute Gasteiger partial charge is 0.153 e. The fourth-order valence-corrected chi connectivity index (χ4v) is 2.20. The Morgan fingerprint density at radius 1 is 1.19 bits per heavy atom. The minimum atomic E-state index is -0.217. The van der Waals surface area contributed by atoms with Gasteiger partial charge >= 0.3 is 0 Å². The third kappa shape index (κ3) is 3.82. The van der Waals surface area contributed by atoms with E-state index in [-0.39, 0.29) is 11.5 Å². The Hall–Kier alpha value is -1.87. The summed E-state index contributed by atoms with van der Waals surface area (Å²) in [6.45, 7) is 9.09. The molecule has 1 unspecified atom stereocenters. The van der Waals surface area contributed by atoms with E-state index in [2.05, 4.69) is 44.8 Å². The first-order valence-electron chi connectivity index (χ1n) is 7.30. The summed E-state index contributed by atoms with van der Waals surface area (Å²) in [5, 5.41) is 0. The van der Waals surface area contributed by atoms with E-state index in [9.17, 15) is 0 Å². The molecule has 1 heterocycles. The number of ether oxygens (including phenoxy) is 1. The predicted molar refractivity (Wildman–Crippen MR) is 86.5 cm³/mol. The van der Waals surface area contributed by atoms with Crippen LogP contribution in [0.4, 0.5) is 0 Å². The zero-order valence-corrected chi connectivity index (χ0v) is 13.3. The number of nitrogens with zero attached hydrogens (tertiary/aromatic N) is 1. The van der Waals surface area contributed by atoms with Gasteiger partial charge in [-0.2, -0.15) is 0 Å². The molecule has 0 fully saturated rings. The minimum Gasteiger partial charge on any atom is -0.483 e. The van der Waals surface area contributed by atoms with Crippen molar-refractivity contribution in [1.29, 1.82) is 0 Å². The Morgan fingerprint density at radius 3 is 2.48 bits per heavy atom. The fourth-order valence-electron chi connectivity index (χ4n) is 2.20. The van der Waals surface area contributed by atoms with Crippen molar-refractivity contribution in [2.24, 2.45) is 5.73 Å². The highest BCUT2D eigenvalue weighted by Gasteiger charge is 2.17. The van der Waals surface area contributed by atoms with Crippen molar-refractivity contribution in [3.8, 4) is 5.75 Å². The number of aromatic nitrogens is 1. The second-order valence-corrected chi connectivity index (χ2v) is 6.33. The van der Waals surface area contributed by atoms with Crippen LogP contribution in [0.3, 0.4) is 0 Å². The van der Waals surface area contributed by atoms with Crippen LogP contribution < -0.4 is 10.5 Å². The maximum absolute atomic E-state index is 6.06. The van der Waals surface area contributed by atoms with Crippen LogP contribution in [0.5, 0.6) is 5.75 Å². The van der Waals surface area contributed by atoms with Gasteiger partial charge in [0.1, 0.15) is 5.75 Å². The van der Waals surface area contributed by atoms with Gasteiger partial charge in [-0.05, 0) is 41.7 Å². The van der Waals surface area contributed by atoms with Gasteiger partial charge in [-0.3, -0.25) is 4.98 Å². The van der Waals surface area contributed by atoms with E-state index in [1.807, 2.05) is 24.3 Å². The van der Waals surface area contributed by atoms with Crippen LogP contribution in [0, 0.1) is 6.92 Å². The van der Waals surface area contributed by atoms with Crippen molar-refractivity contribution < 1.29 is 4.74 Å². The first kappa shape index (κ1) is 15.5. The van der Waals surface area contributed by atoms with E-state index >= 15 is 0 Å². The summed E-state index contributed by atoms with van der Waals surface area (Å²) < 4.78 is 6.06. The molecule has 2 rings (SSSR count). The number of pyridine rings is 1. The highest BCUT2D eigenvalue weighted by Crippen LogP contribution is 2.29. The number of benzene rings is 1.